The zero-order valence-corrected chi connectivity index (χ0v) is 10.5. The number of rotatable bonds is 7. The third-order valence-corrected chi connectivity index (χ3v) is 2.55. The summed E-state index contributed by atoms with van der Waals surface area (Å²) in [6.45, 7) is 1.23. The van der Waals surface area contributed by atoms with Crippen LogP contribution >= 0.6 is 0 Å². The molecule has 0 bridgehead atoms. The number of hydrogen-bond acceptors (Lipinski definition) is 3. The van der Waals surface area contributed by atoms with Crippen LogP contribution in [-0.2, 0) is 11.2 Å². The molecule has 0 aliphatic rings. The zero-order valence-electron chi connectivity index (χ0n) is 10.5. The molecule has 4 N–H and O–H groups in total. The van der Waals surface area contributed by atoms with E-state index in [0.717, 1.165) is 5.56 Å². The largest absolute Gasteiger partial charge is 0.366 e. The molecule has 0 unspecified atom stereocenters. The van der Waals surface area contributed by atoms with Crippen LogP contribution in [0.15, 0.2) is 24.3 Å². The van der Waals surface area contributed by atoms with Gasteiger partial charge in [0.25, 0.3) is 0 Å². The Morgan fingerprint density at radius 3 is 2.72 bits per heavy atom. The van der Waals surface area contributed by atoms with Crippen molar-refractivity contribution >= 4 is 11.8 Å². The number of carbonyl (C=O) groups excluding carboxylic acids is 2. The Labute approximate surface area is 107 Å². The monoisotopic (exact) mass is 249 g/mol. The van der Waals surface area contributed by atoms with E-state index in [-0.39, 0.29) is 5.91 Å². The summed E-state index contributed by atoms with van der Waals surface area (Å²) >= 11 is 0. The molecule has 0 atom stereocenters. The van der Waals surface area contributed by atoms with Crippen LogP contribution in [0.25, 0.3) is 0 Å². The van der Waals surface area contributed by atoms with Gasteiger partial charge in [-0.1, -0.05) is 12.1 Å². The van der Waals surface area contributed by atoms with Gasteiger partial charge in [-0.15, -0.1) is 0 Å². The normalized spacial score (nSPS) is 10.1. The van der Waals surface area contributed by atoms with E-state index in [1.165, 1.54) is 0 Å². The molecule has 0 radical (unpaired) electrons. The van der Waals surface area contributed by atoms with Gasteiger partial charge < -0.3 is 16.4 Å². The Morgan fingerprint density at radius 2 is 2.06 bits per heavy atom. The Kier molecular flexibility index (Phi) is 5.87. The molecule has 98 valence electrons. The molecule has 0 aliphatic carbocycles. The van der Waals surface area contributed by atoms with Gasteiger partial charge in [-0.3, -0.25) is 9.59 Å². The Balaban J connectivity index is 2.37. The van der Waals surface area contributed by atoms with E-state index in [1.54, 1.807) is 18.2 Å². The predicted molar refractivity (Wildman–Crippen MR) is 70.2 cm³/mol. The summed E-state index contributed by atoms with van der Waals surface area (Å²) in [7, 11) is 1.81. The van der Waals surface area contributed by atoms with E-state index < -0.39 is 5.91 Å². The quantitative estimate of drug-likeness (QED) is 0.638. The molecule has 0 aliphatic heterocycles. The number of benzene rings is 1. The van der Waals surface area contributed by atoms with Gasteiger partial charge in [0.15, 0.2) is 0 Å². The fourth-order valence-electron chi connectivity index (χ4n) is 1.55. The molecule has 0 aromatic heterocycles. The molecule has 1 aromatic rings. The molecule has 5 nitrogen and oxygen atoms in total. The van der Waals surface area contributed by atoms with Crippen molar-refractivity contribution < 1.29 is 9.59 Å². The topological polar surface area (TPSA) is 84.2 Å². The summed E-state index contributed by atoms with van der Waals surface area (Å²) in [5.74, 6) is -0.412. The van der Waals surface area contributed by atoms with Crippen molar-refractivity contribution in [3.8, 4) is 0 Å². The number of amides is 2. The molecule has 5 heteroatoms. The van der Waals surface area contributed by atoms with Gasteiger partial charge in [0.1, 0.15) is 0 Å². The first-order valence-corrected chi connectivity index (χ1v) is 5.93. The van der Waals surface area contributed by atoms with E-state index in [0.29, 0.717) is 31.5 Å². The van der Waals surface area contributed by atoms with Crippen LogP contribution in [0, 0.1) is 0 Å². The predicted octanol–water partition coefficient (Wildman–Crippen LogP) is 0.0537. The molecular formula is C13H19N3O2. The van der Waals surface area contributed by atoms with Crippen molar-refractivity contribution in [2.24, 2.45) is 5.73 Å². The lowest BCUT2D eigenvalue weighted by molar-refractivity contribution is -0.120. The van der Waals surface area contributed by atoms with Crippen molar-refractivity contribution in [3.63, 3.8) is 0 Å². The van der Waals surface area contributed by atoms with Crippen molar-refractivity contribution in [3.05, 3.63) is 35.4 Å². The van der Waals surface area contributed by atoms with E-state index >= 15 is 0 Å². The summed E-state index contributed by atoms with van der Waals surface area (Å²) in [5, 5.41) is 5.73. The summed E-state index contributed by atoms with van der Waals surface area (Å²) in [4.78, 5) is 22.3. The average molecular weight is 249 g/mol. The molecule has 0 heterocycles. The second kappa shape index (κ2) is 7.45. The first-order chi connectivity index (χ1) is 8.63. The van der Waals surface area contributed by atoms with E-state index in [4.69, 9.17) is 5.73 Å². The minimum Gasteiger partial charge on any atom is -0.366 e. The van der Waals surface area contributed by atoms with Crippen LogP contribution in [0.3, 0.4) is 0 Å². The van der Waals surface area contributed by atoms with Gasteiger partial charge in [0.2, 0.25) is 11.8 Å². The summed E-state index contributed by atoms with van der Waals surface area (Å²) in [5.41, 5.74) is 6.68. The highest BCUT2D eigenvalue weighted by Crippen LogP contribution is 2.04. The van der Waals surface area contributed by atoms with E-state index in [2.05, 4.69) is 10.6 Å². The fourth-order valence-corrected chi connectivity index (χ4v) is 1.55. The zero-order chi connectivity index (χ0) is 13.4. The van der Waals surface area contributed by atoms with Crippen LogP contribution in [0.2, 0.25) is 0 Å². The van der Waals surface area contributed by atoms with Crippen molar-refractivity contribution in [1.82, 2.24) is 10.6 Å². The van der Waals surface area contributed by atoms with Gasteiger partial charge >= 0.3 is 0 Å². The summed E-state index contributed by atoms with van der Waals surface area (Å²) < 4.78 is 0. The Hall–Kier alpha value is -1.88. The first kappa shape index (κ1) is 14.2. The lowest BCUT2D eigenvalue weighted by atomic mass is 10.1. The minimum absolute atomic E-state index is 0.0235. The van der Waals surface area contributed by atoms with E-state index in [9.17, 15) is 9.59 Å². The SMILES string of the molecule is CNCCC(=O)NCCc1cccc(C(N)=O)c1. The molecule has 0 saturated carbocycles. The highest BCUT2D eigenvalue weighted by molar-refractivity contribution is 5.92. The minimum atomic E-state index is -0.435. The molecule has 2 amide bonds. The number of nitrogens with one attached hydrogen (secondary N) is 2. The van der Waals surface area contributed by atoms with Crippen LogP contribution in [0.4, 0.5) is 0 Å². The van der Waals surface area contributed by atoms with Gasteiger partial charge in [-0.05, 0) is 31.2 Å². The smallest absolute Gasteiger partial charge is 0.248 e. The maximum absolute atomic E-state index is 11.3. The van der Waals surface area contributed by atoms with Crippen molar-refractivity contribution in [2.45, 2.75) is 12.8 Å². The molecule has 0 spiro atoms. The second-order valence-electron chi connectivity index (χ2n) is 4.02. The second-order valence-corrected chi connectivity index (χ2v) is 4.02. The van der Waals surface area contributed by atoms with Crippen molar-refractivity contribution in [1.29, 1.82) is 0 Å². The van der Waals surface area contributed by atoms with E-state index in [1.807, 2.05) is 13.1 Å². The number of primary amides is 1. The first-order valence-electron chi connectivity index (χ1n) is 5.93. The standard InChI is InChI=1S/C13H19N3O2/c1-15-7-6-12(17)16-8-5-10-3-2-4-11(9-10)13(14)18/h2-4,9,15H,5-8H2,1H3,(H2,14,18)(H,16,17). The van der Waals surface area contributed by atoms with Crippen LogP contribution in [0.5, 0.6) is 0 Å². The van der Waals surface area contributed by atoms with Gasteiger partial charge in [-0.2, -0.15) is 0 Å². The molecule has 18 heavy (non-hydrogen) atoms. The lowest BCUT2D eigenvalue weighted by Gasteiger charge is -2.06. The van der Waals surface area contributed by atoms with Crippen molar-refractivity contribution in [2.75, 3.05) is 20.1 Å². The average Bonchev–Trinajstić information content (AvgIpc) is 2.36. The molecule has 1 rings (SSSR count). The third-order valence-electron chi connectivity index (χ3n) is 2.55. The molecule has 0 fully saturated rings. The number of carbonyl (C=O) groups is 2. The van der Waals surface area contributed by atoms with Crippen LogP contribution < -0.4 is 16.4 Å². The number of hydrogen-bond donors (Lipinski definition) is 3. The molecule has 0 saturated heterocycles. The third kappa shape index (κ3) is 4.97. The highest BCUT2D eigenvalue weighted by atomic mass is 16.1. The maximum atomic E-state index is 11.3. The van der Waals surface area contributed by atoms with Gasteiger partial charge in [0.05, 0.1) is 0 Å². The summed E-state index contributed by atoms with van der Waals surface area (Å²) in [6.07, 6.45) is 1.16. The molecule has 1 aromatic carbocycles. The molecular weight excluding hydrogens is 230 g/mol. The Bertz CT molecular complexity index is 418. The lowest BCUT2D eigenvalue weighted by Crippen LogP contribution is -2.28. The van der Waals surface area contributed by atoms with Crippen LogP contribution in [0.1, 0.15) is 22.3 Å². The Morgan fingerprint density at radius 1 is 1.28 bits per heavy atom. The number of nitrogens with two attached hydrogens (primary N) is 1. The van der Waals surface area contributed by atoms with Gasteiger partial charge in [0, 0.05) is 25.1 Å². The van der Waals surface area contributed by atoms with Crippen LogP contribution in [-0.4, -0.2) is 32.0 Å². The summed E-state index contributed by atoms with van der Waals surface area (Å²) in [6, 6.07) is 7.13. The highest BCUT2D eigenvalue weighted by Gasteiger charge is 2.02. The maximum Gasteiger partial charge on any atom is 0.248 e. The fraction of sp³-hybridized carbons (Fsp3) is 0.385. The van der Waals surface area contributed by atoms with Gasteiger partial charge in [-0.25, -0.2) is 0 Å².